The van der Waals surface area contributed by atoms with Gasteiger partial charge in [-0.3, -0.25) is 4.79 Å². The standard InChI is InChI=1S/C17H26N2O2/c1-3-14-4-6-15(7-5-14)19(2)17(20)10-13-21-16-8-11-18-12-9-16/h4-7,16,18H,3,8-13H2,1-2H3. The van der Waals surface area contributed by atoms with Crippen LogP contribution in [0.4, 0.5) is 5.69 Å². The molecule has 4 nitrogen and oxygen atoms in total. The molecule has 0 spiro atoms. The van der Waals surface area contributed by atoms with E-state index < -0.39 is 0 Å². The number of rotatable bonds is 6. The Morgan fingerprint density at radius 2 is 1.95 bits per heavy atom. The molecule has 2 rings (SSSR count). The SMILES string of the molecule is CCc1ccc(N(C)C(=O)CCOC2CCNCC2)cc1. The van der Waals surface area contributed by atoms with Crippen molar-refractivity contribution >= 4 is 11.6 Å². The molecule has 0 aliphatic carbocycles. The van der Waals surface area contributed by atoms with E-state index in [1.54, 1.807) is 4.90 Å². The van der Waals surface area contributed by atoms with Crippen LogP contribution in [0.2, 0.25) is 0 Å². The van der Waals surface area contributed by atoms with Crippen LogP contribution in [0.3, 0.4) is 0 Å². The number of ether oxygens (including phenoxy) is 1. The Morgan fingerprint density at radius 1 is 1.29 bits per heavy atom. The highest BCUT2D eigenvalue weighted by Gasteiger charge is 2.15. The van der Waals surface area contributed by atoms with Gasteiger partial charge in [0.25, 0.3) is 0 Å². The van der Waals surface area contributed by atoms with Crippen molar-refractivity contribution in [3.8, 4) is 0 Å². The minimum absolute atomic E-state index is 0.105. The lowest BCUT2D eigenvalue weighted by Gasteiger charge is -2.23. The Labute approximate surface area is 127 Å². The Balaban J connectivity index is 1.76. The van der Waals surface area contributed by atoms with Crippen molar-refractivity contribution < 1.29 is 9.53 Å². The van der Waals surface area contributed by atoms with Crippen LogP contribution in [0.25, 0.3) is 0 Å². The van der Waals surface area contributed by atoms with Crippen LogP contribution >= 0.6 is 0 Å². The van der Waals surface area contributed by atoms with Gasteiger partial charge in [0.1, 0.15) is 0 Å². The van der Waals surface area contributed by atoms with E-state index in [4.69, 9.17) is 4.74 Å². The first kappa shape index (κ1) is 16.0. The fourth-order valence-electron chi connectivity index (χ4n) is 2.54. The molecule has 0 radical (unpaired) electrons. The molecule has 1 N–H and O–H groups in total. The number of piperidine rings is 1. The molecule has 1 aromatic rings. The topological polar surface area (TPSA) is 41.6 Å². The third kappa shape index (κ3) is 4.83. The smallest absolute Gasteiger partial charge is 0.229 e. The van der Waals surface area contributed by atoms with E-state index in [1.165, 1.54) is 5.56 Å². The number of amides is 1. The molecule has 1 saturated heterocycles. The summed E-state index contributed by atoms with van der Waals surface area (Å²) in [4.78, 5) is 13.9. The molecule has 0 bridgehead atoms. The number of carbonyl (C=O) groups is 1. The highest BCUT2D eigenvalue weighted by Crippen LogP contribution is 2.15. The van der Waals surface area contributed by atoms with E-state index >= 15 is 0 Å². The number of carbonyl (C=O) groups excluding carboxylic acids is 1. The first-order chi connectivity index (χ1) is 10.2. The highest BCUT2D eigenvalue weighted by atomic mass is 16.5. The van der Waals surface area contributed by atoms with Crippen LogP contribution in [-0.4, -0.2) is 38.8 Å². The van der Waals surface area contributed by atoms with Crippen molar-refractivity contribution in [1.29, 1.82) is 0 Å². The first-order valence-electron chi connectivity index (χ1n) is 7.88. The zero-order valence-corrected chi connectivity index (χ0v) is 13.1. The largest absolute Gasteiger partial charge is 0.378 e. The molecule has 0 saturated carbocycles. The van der Waals surface area contributed by atoms with E-state index in [0.29, 0.717) is 19.1 Å². The lowest BCUT2D eigenvalue weighted by molar-refractivity contribution is -0.120. The molecule has 1 aliphatic heterocycles. The maximum absolute atomic E-state index is 12.2. The Kier molecular flexibility index (Phi) is 6.21. The predicted octanol–water partition coefficient (Wildman–Crippen LogP) is 2.37. The van der Waals surface area contributed by atoms with Gasteiger partial charge in [-0.2, -0.15) is 0 Å². The highest BCUT2D eigenvalue weighted by molar-refractivity contribution is 5.92. The number of benzene rings is 1. The maximum atomic E-state index is 12.2. The van der Waals surface area contributed by atoms with E-state index in [2.05, 4.69) is 24.4 Å². The molecule has 1 aliphatic rings. The van der Waals surface area contributed by atoms with Crippen LogP contribution in [-0.2, 0) is 16.0 Å². The molecule has 116 valence electrons. The van der Waals surface area contributed by atoms with Gasteiger partial charge in [0.05, 0.1) is 19.1 Å². The second-order valence-corrected chi connectivity index (χ2v) is 5.54. The Bertz CT molecular complexity index is 439. The second-order valence-electron chi connectivity index (χ2n) is 5.54. The molecule has 1 aromatic carbocycles. The molecule has 1 heterocycles. The summed E-state index contributed by atoms with van der Waals surface area (Å²) in [5, 5.41) is 3.31. The van der Waals surface area contributed by atoms with Crippen LogP contribution in [0.15, 0.2) is 24.3 Å². The lowest BCUT2D eigenvalue weighted by Crippen LogP contribution is -2.33. The minimum Gasteiger partial charge on any atom is -0.378 e. The van der Waals surface area contributed by atoms with Crippen molar-refractivity contribution in [2.75, 3.05) is 31.6 Å². The zero-order valence-electron chi connectivity index (χ0n) is 13.1. The van der Waals surface area contributed by atoms with E-state index in [1.807, 2.05) is 19.2 Å². The summed E-state index contributed by atoms with van der Waals surface area (Å²) in [7, 11) is 1.83. The summed E-state index contributed by atoms with van der Waals surface area (Å²) < 4.78 is 5.79. The summed E-state index contributed by atoms with van der Waals surface area (Å²) in [5.41, 5.74) is 2.23. The van der Waals surface area contributed by atoms with Crippen molar-refractivity contribution in [3.63, 3.8) is 0 Å². The van der Waals surface area contributed by atoms with Gasteiger partial charge < -0.3 is 15.0 Å². The van der Waals surface area contributed by atoms with Gasteiger partial charge in [0.15, 0.2) is 0 Å². The fourth-order valence-corrected chi connectivity index (χ4v) is 2.54. The third-order valence-electron chi connectivity index (χ3n) is 4.06. The van der Waals surface area contributed by atoms with Crippen molar-refractivity contribution in [2.24, 2.45) is 0 Å². The average molecular weight is 290 g/mol. The summed E-state index contributed by atoms with van der Waals surface area (Å²) in [5.74, 6) is 0.105. The van der Waals surface area contributed by atoms with Gasteiger partial charge >= 0.3 is 0 Å². The number of nitrogens with one attached hydrogen (secondary N) is 1. The number of aryl methyl sites for hydroxylation is 1. The van der Waals surface area contributed by atoms with E-state index in [9.17, 15) is 4.79 Å². The van der Waals surface area contributed by atoms with Crippen LogP contribution in [0.5, 0.6) is 0 Å². The molecule has 0 atom stereocenters. The second kappa shape index (κ2) is 8.15. The molecular weight excluding hydrogens is 264 g/mol. The Hall–Kier alpha value is -1.39. The van der Waals surface area contributed by atoms with Gasteiger partial charge in [-0.25, -0.2) is 0 Å². The molecule has 21 heavy (non-hydrogen) atoms. The number of anilines is 1. The number of nitrogens with zero attached hydrogens (tertiary/aromatic N) is 1. The minimum atomic E-state index is 0.105. The van der Waals surface area contributed by atoms with E-state index in [-0.39, 0.29) is 5.91 Å². The first-order valence-corrected chi connectivity index (χ1v) is 7.88. The van der Waals surface area contributed by atoms with Crippen LogP contribution in [0, 0.1) is 0 Å². The van der Waals surface area contributed by atoms with Crippen molar-refractivity contribution in [2.45, 2.75) is 38.7 Å². The summed E-state index contributed by atoms with van der Waals surface area (Å²) in [6.07, 6.45) is 3.86. The normalized spacial score (nSPS) is 15.9. The van der Waals surface area contributed by atoms with Gasteiger partial charge in [-0.15, -0.1) is 0 Å². The number of hydrogen-bond donors (Lipinski definition) is 1. The quantitative estimate of drug-likeness (QED) is 0.874. The predicted molar refractivity (Wildman–Crippen MR) is 85.7 cm³/mol. The van der Waals surface area contributed by atoms with Crippen molar-refractivity contribution in [1.82, 2.24) is 5.32 Å². The summed E-state index contributed by atoms with van der Waals surface area (Å²) >= 11 is 0. The van der Waals surface area contributed by atoms with Gasteiger partial charge in [0.2, 0.25) is 5.91 Å². The molecule has 4 heteroatoms. The summed E-state index contributed by atoms with van der Waals surface area (Å²) in [6.45, 7) is 4.67. The molecular formula is C17H26N2O2. The van der Waals surface area contributed by atoms with Gasteiger partial charge in [-0.1, -0.05) is 19.1 Å². The lowest BCUT2D eigenvalue weighted by atomic mass is 10.1. The fraction of sp³-hybridized carbons (Fsp3) is 0.588. The van der Waals surface area contributed by atoms with E-state index in [0.717, 1.165) is 38.0 Å². The van der Waals surface area contributed by atoms with Crippen LogP contribution < -0.4 is 10.2 Å². The monoisotopic (exact) mass is 290 g/mol. The zero-order chi connectivity index (χ0) is 15.1. The Morgan fingerprint density at radius 3 is 2.57 bits per heavy atom. The molecule has 0 aromatic heterocycles. The summed E-state index contributed by atoms with van der Waals surface area (Å²) in [6, 6.07) is 8.16. The third-order valence-corrected chi connectivity index (χ3v) is 4.06. The van der Waals surface area contributed by atoms with Crippen LogP contribution in [0.1, 0.15) is 31.7 Å². The molecule has 0 unspecified atom stereocenters. The number of hydrogen-bond acceptors (Lipinski definition) is 3. The molecule has 1 amide bonds. The average Bonchev–Trinajstić information content (AvgIpc) is 2.55. The van der Waals surface area contributed by atoms with Gasteiger partial charge in [-0.05, 0) is 50.0 Å². The maximum Gasteiger partial charge on any atom is 0.229 e. The van der Waals surface area contributed by atoms with Gasteiger partial charge in [0, 0.05) is 12.7 Å². The van der Waals surface area contributed by atoms with Crippen molar-refractivity contribution in [3.05, 3.63) is 29.8 Å². The molecule has 1 fully saturated rings.